The summed E-state index contributed by atoms with van der Waals surface area (Å²) in [4.78, 5) is 22.0. The molecule has 0 bridgehead atoms. The summed E-state index contributed by atoms with van der Waals surface area (Å²) in [5, 5.41) is 21.0. The molecule has 0 radical (unpaired) electrons. The van der Waals surface area contributed by atoms with Gasteiger partial charge < -0.3 is 9.67 Å². The lowest BCUT2D eigenvalue weighted by atomic mass is 10.2. The molecule has 0 fully saturated rings. The quantitative estimate of drug-likeness (QED) is 0.696. The first-order valence-electron chi connectivity index (χ1n) is 5.72. The number of aromatic hydroxyl groups is 1. The van der Waals surface area contributed by atoms with Gasteiger partial charge in [-0.1, -0.05) is 29.8 Å². The van der Waals surface area contributed by atoms with Crippen LogP contribution in [0.5, 0.6) is 5.75 Å². The zero-order valence-electron chi connectivity index (χ0n) is 10.5. The Balaban J connectivity index is 2.57. The van der Waals surface area contributed by atoms with Crippen molar-refractivity contribution in [2.75, 3.05) is 0 Å². The molecule has 7 heteroatoms. The molecule has 6 nitrogen and oxygen atoms in total. The minimum atomic E-state index is -0.881. The fraction of sp³-hybridized carbons (Fsp3) is 0.154. The first-order chi connectivity index (χ1) is 9.41. The maximum Gasteiger partial charge on any atom is 0.375 e. The summed E-state index contributed by atoms with van der Waals surface area (Å²) in [6.07, 6.45) is 1.37. The summed E-state index contributed by atoms with van der Waals surface area (Å²) >= 11 is 6.00. The largest absolute Gasteiger partial charge is 0.502 e. The number of rotatable bonds is 3. The maximum atomic E-state index is 12.0. The zero-order valence-corrected chi connectivity index (χ0v) is 11.3. The Hall–Kier alpha value is -2.34. The van der Waals surface area contributed by atoms with Crippen LogP contribution in [-0.4, -0.2) is 14.6 Å². The second-order valence-electron chi connectivity index (χ2n) is 4.29. The van der Waals surface area contributed by atoms with Crippen molar-refractivity contribution in [1.82, 2.24) is 4.57 Å². The monoisotopic (exact) mass is 294 g/mol. The van der Waals surface area contributed by atoms with Crippen molar-refractivity contribution in [2.45, 2.75) is 13.5 Å². The molecular formula is C13H11ClN2O4. The molecule has 0 aliphatic heterocycles. The Morgan fingerprint density at radius 3 is 2.65 bits per heavy atom. The lowest BCUT2D eigenvalue weighted by molar-refractivity contribution is -0.387. The summed E-state index contributed by atoms with van der Waals surface area (Å²) in [6.45, 7) is 1.59. The average molecular weight is 295 g/mol. The van der Waals surface area contributed by atoms with Gasteiger partial charge >= 0.3 is 11.2 Å². The van der Waals surface area contributed by atoms with Crippen LogP contribution in [0.3, 0.4) is 0 Å². The summed E-state index contributed by atoms with van der Waals surface area (Å²) < 4.78 is 1.16. The number of pyridine rings is 1. The molecule has 1 aromatic carbocycles. The number of aryl methyl sites for hydroxylation is 1. The third-order valence-corrected chi connectivity index (χ3v) is 3.26. The van der Waals surface area contributed by atoms with Gasteiger partial charge in [0.05, 0.1) is 11.5 Å². The number of aromatic nitrogens is 1. The molecule has 0 saturated carbocycles. The van der Waals surface area contributed by atoms with Crippen LogP contribution in [0.15, 0.2) is 35.3 Å². The second-order valence-corrected chi connectivity index (χ2v) is 4.70. The molecule has 1 aromatic heterocycles. The minimum Gasteiger partial charge on any atom is -0.502 e. The molecule has 104 valence electrons. The summed E-state index contributed by atoms with van der Waals surface area (Å²) in [5.74, 6) is -0.601. The van der Waals surface area contributed by atoms with Gasteiger partial charge in [-0.3, -0.25) is 14.9 Å². The number of nitrogens with zero attached hydrogens (tertiary/aromatic N) is 2. The van der Waals surface area contributed by atoms with E-state index in [1.165, 1.54) is 13.1 Å². The molecule has 0 aliphatic rings. The van der Waals surface area contributed by atoms with Crippen molar-refractivity contribution in [3.8, 4) is 5.75 Å². The second kappa shape index (κ2) is 5.34. The first kappa shape index (κ1) is 14.1. The third-order valence-electron chi connectivity index (χ3n) is 2.89. The first-order valence-corrected chi connectivity index (χ1v) is 6.10. The van der Waals surface area contributed by atoms with Gasteiger partial charge in [0, 0.05) is 16.8 Å². The van der Waals surface area contributed by atoms with E-state index >= 15 is 0 Å². The van der Waals surface area contributed by atoms with Crippen LogP contribution in [0.4, 0.5) is 5.69 Å². The van der Waals surface area contributed by atoms with Crippen LogP contribution in [0.2, 0.25) is 5.02 Å². The molecule has 0 spiro atoms. The summed E-state index contributed by atoms with van der Waals surface area (Å²) in [6, 6.07) is 6.90. The van der Waals surface area contributed by atoms with E-state index in [9.17, 15) is 20.0 Å². The van der Waals surface area contributed by atoms with Crippen LogP contribution in [0.25, 0.3) is 0 Å². The standard InChI is InChI=1S/C13H11ClN2O4/c1-8-6-15(7-9-4-2-3-5-10(9)14)13(18)11(12(8)17)16(19)20/h2-6,17H,7H2,1H3. The van der Waals surface area contributed by atoms with Crippen molar-refractivity contribution in [1.29, 1.82) is 0 Å². The average Bonchev–Trinajstić information content (AvgIpc) is 2.38. The van der Waals surface area contributed by atoms with Crippen molar-refractivity contribution < 1.29 is 10.0 Å². The normalized spacial score (nSPS) is 10.5. The van der Waals surface area contributed by atoms with Gasteiger partial charge in [-0.25, -0.2) is 0 Å². The lowest BCUT2D eigenvalue weighted by Gasteiger charge is -2.09. The number of nitro groups is 1. The van der Waals surface area contributed by atoms with Crippen molar-refractivity contribution >= 4 is 17.3 Å². The Bertz CT molecular complexity index is 740. The van der Waals surface area contributed by atoms with Crippen LogP contribution in [0.1, 0.15) is 11.1 Å². The molecule has 2 aromatic rings. The highest BCUT2D eigenvalue weighted by atomic mass is 35.5. The molecule has 1 N–H and O–H groups in total. The predicted octanol–water partition coefficient (Wildman–Crippen LogP) is 2.47. The molecule has 2 rings (SSSR count). The van der Waals surface area contributed by atoms with E-state index in [2.05, 4.69) is 0 Å². The number of benzene rings is 1. The van der Waals surface area contributed by atoms with E-state index in [1.807, 2.05) is 0 Å². The lowest BCUT2D eigenvalue weighted by Crippen LogP contribution is -2.23. The number of hydrogen-bond donors (Lipinski definition) is 1. The molecule has 0 saturated heterocycles. The molecule has 0 aliphatic carbocycles. The van der Waals surface area contributed by atoms with Gasteiger partial charge in [-0.2, -0.15) is 0 Å². The van der Waals surface area contributed by atoms with Crippen molar-refractivity contribution in [3.05, 3.63) is 67.1 Å². The highest BCUT2D eigenvalue weighted by Gasteiger charge is 2.23. The molecule has 20 heavy (non-hydrogen) atoms. The Morgan fingerprint density at radius 1 is 1.40 bits per heavy atom. The Labute approximate surface area is 119 Å². The van der Waals surface area contributed by atoms with Crippen LogP contribution in [0, 0.1) is 17.0 Å². The Morgan fingerprint density at radius 2 is 2.05 bits per heavy atom. The van der Waals surface area contributed by atoms with E-state index in [0.717, 1.165) is 4.57 Å². The Kier molecular flexibility index (Phi) is 3.76. The van der Waals surface area contributed by atoms with Gasteiger partial charge in [-0.05, 0) is 18.6 Å². The van der Waals surface area contributed by atoms with Gasteiger partial charge in [0.2, 0.25) is 5.75 Å². The van der Waals surface area contributed by atoms with Crippen molar-refractivity contribution in [2.24, 2.45) is 0 Å². The predicted molar refractivity (Wildman–Crippen MR) is 74.3 cm³/mol. The van der Waals surface area contributed by atoms with Crippen molar-refractivity contribution in [3.63, 3.8) is 0 Å². The van der Waals surface area contributed by atoms with E-state index in [4.69, 9.17) is 11.6 Å². The van der Waals surface area contributed by atoms with Gasteiger partial charge in [0.25, 0.3) is 0 Å². The molecule has 1 heterocycles. The zero-order chi connectivity index (χ0) is 14.9. The molecule has 0 atom stereocenters. The van der Waals surface area contributed by atoms with E-state index < -0.39 is 21.9 Å². The third kappa shape index (κ3) is 2.50. The number of hydrogen-bond acceptors (Lipinski definition) is 4. The smallest absolute Gasteiger partial charge is 0.375 e. The topological polar surface area (TPSA) is 85.4 Å². The highest BCUT2D eigenvalue weighted by molar-refractivity contribution is 6.31. The minimum absolute atomic E-state index is 0.0977. The van der Waals surface area contributed by atoms with Crippen LogP contribution >= 0.6 is 11.6 Å². The SMILES string of the molecule is Cc1cn(Cc2ccccc2Cl)c(=O)c([N+](=O)[O-])c1O. The molecule has 0 unspecified atom stereocenters. The fourth-order valence-electron chi connectivity index (χ4n) is 1.87. The van der Waals surface area contributed by atoms with Gasteiger partial charge in [0.1, 0.15) is 0 Å². The van der Waals surface area contributed by atoms with Crippen LogP contribution in [-0.2, 0) is 6.54 Å². The van der Waals surface area contributed by atoms with Crippen LogP contribution < -0.4 is 5.56 Å². The molecule has 0 amide bonds. The number of halogens is 1. The highest BCUT2D eigenvalue weighted by Crippen LogP contribution is 2.25. The maximum absolute atomic E-state index is 12.0. The van der Waals surface area contributed by atoms with Gasteiger partial charge in [0.15, 0.2) is 0 Å². The van der Waals surface area contributed by atoms with E-state index in [-0.39, 0.29) is 12.1 Å². The summed E-state index contributed by atoms with van der Waals surface area (Å²) in [5.41, 5.74) is -0.769. The molecular weight excluding hydrogens is 284 g/mol. The van der Waals surface area contributed by atoms with E-state index in [1.54, 1.807) is 24.3 Å². The van der Waals surface area contributed by atoms with Gasteiger partial charge in [-0.15, -0.1) is 0 Å². The summed E-state index contributed by atoms with van der Waals surface area (Å²) in [7, 11) is 0. The van der Waals surface area contributed by atoms with E-state index in [0.29, 0.717) is 10.6 Å². The fourth-order valence-corrected chi connectivity index (χ4v) is 2.07.